The summed E-state index contributed by atoms with van der Waals surface area (Å²) in [5.41, 5.74) is -0.507. The van der Waals surface area contributed by atoms with E-state index in [4.69, 9.17) is 0 Å². The molecule has 96 valence electrons. The van der Waals surface area contributed by atoms with Gasteiger partial charge in [-0.05, 0) is 63.7 Å². The summed E-state index contributed by atoms with van der Waals surface area (Å²) in [6.07, 6.45) is 3.55. The molecule has 3 aliphatic rings. The standard InChI is InChI=1S/C14H23NO2/c1-7(16)14(2,3)15-13(17)12-10-8-4-5-9(6-8)11(10)12/h7-12,16H,4-6H2,1-3H3,(H,15,17). The quantitative estimate of drug-likeness (QED) is 0.782. The number of aliphatic hydroxyl groups is 1. The molecule has 5 unspecified atom stereocenters. The summed E-state index contributed by atoms with van der Waals surface area (Å²) >= 11 is 0. The molecule has 3 aliphatic carbocycles. The topological polar surface area (TPSA) is 49.3 Å². The Kier molecular flexibility index (Phi) is 2.35. The molecule has 0 aromatic heterocycles. The average molecular weight is 237 g/mol. The van der Waals surface area contributed by atoms with Crippen molar-refractivity contribution < 1.29 is 9.90 Å². The number of aliphatic hydroxyl groups excluding tert-OH is 1. The summed E-state index contributed by atoms with van der Waals surface area (Å²) in [5.74, 6) is 3.46. The van der Waals surface area contributed by atoms with Crippen molar-refractivity contribution in [2.24, 2.45) is 29.6 Å². The molecule has 0 spiro atoms. The lowest BCUT2D eigenvalue weighted by Gasteiger charge is -2.29. The van der Waals surface area contributed by atoms with Crippen LogP contribution in [0.15, 0.2) is 0 Å². The Morgan fingerprint density at radius 3 is 2.29 bits per heavy atom. The van der Waals surface area contributed by atoms with Gasteiger partial charge in [-0.3, -0.25) is 4.79 Å². The summed E-state index contributed by atoms with van der Waals surface area (Å²) in [4.78, 5) is 12.2. The van der Waals surface area contributed by atoms with E-state index in [1.54, 1.807) is 6.92 Å². The Balaban J connectivity index is 1.63. The van der Waals surface area contributed by atoms with E-state index >= 15 is 0 Å². The minimum absolute atomic E-state index is 0.183. The van der Waals surface area contributed by atoms with Crippen LogP contribution in [0.3, 0.4) is 0 Å². The van der Waals surface area contributed by atoms with Crippen molar-refractivity contribution in [2.45, 2.75) is 51.7 Å². The van der Waals surface area contributed by atoms with E-state index in [0.29, 0.717) is 11.8 Å². The molecule has 3 heteroatoms. The van der Waals surface area contributed by atoms with E-state index in [1.807, 2.05) is 13.8 Å². The van der Waals surface area contributed by atoms with Crippen molar-refractivity contribution in [1.29, 1.82) is 0 Å². The highest BCUT2D eigenvalue weighted by atomic mass is 16.3. The normalized spacial score (nSPS) is 44.4. The second-order valence-corrected chi connectivity index (χ2v) is 6.90. The molecule has 1 amide bonds. The van der Waals surface area contributed by atoms with Crippen LogP contribution in [-0.2, 0) is 4.79 Å². The highest BCUT2D eigenvalue weighted by Gasteiger charge is 2.67. The maximum Gasteiger partial charge on any atom is 0.224 e. The third-order valence-corrected chi connectivity index (χ3v) is 5.53. The smallest absolute Gasteiger partial charge is 0.224 e. The monoisotopic (exact) mass is 237 g/mol. The van der Waals surface area contributed by atoms with E-state index in [1.165, 1.54) is 19.3 Å². The van der Waals surface area contributed by atoms with Crippen LogP contribution in [0.5, 0.6) is 0 Å². The Labute approximate surface area is 103 Å². The first-order valence-corrected chi connectivity index (χ1v) is 6.92. The first-order chi connectivity index (χ1) is 7.92. The van der Waals surface area contributed by atoms with E-state index in [2.05, 4.69) is 5.32 Å². The van der Waals surface area contributed by atoms with Gasteiger partial charge in [0.05, 0.1) is 11.6 Å². The van der Waals surface area contributed by atoms with Crippen LogP contribution in [-0.4, -0.2) is 22.7 Å². The number of fused-ring (bicyclic) bond motifs is 5. The zero-order valence-electron chi connectivity index (χ0n) is 10.9. The molecular weight excluding hydrogens is 214 g/mol. The lowest BCUT2D eigenvalue weighted by atomic mass is 9.96. The summed E-state index contributed by atoms with van der Waals surface area (Å²) in [5, 5.41) is 12.7. The van der Waals surface area contributed by atoms with Gasteiger partial charge in [0.2, 0.25) is 5.91 Å². The fraction of sp³-hybridized carbons (Fsp3) is 0.929. The van der Waals surface area contributed by atoms with Crippen LogP contribution in [0, 0.1) is 29.6 Å². The lowest BCUT2D eigenvalue weighted by molar-refractivity contribution is -0.126. The first-order valence-electron chi connectivity index (χ1n) is 6.92. The van der Waals surface area contributed by atoms with E-state index < -0.39 is 11.6 Å². The average Bonchev–Trinajstić information content (AvgIpc) is 2.68. The number of hydrogen-bond acceptors (Lipinski definition) is 2. The summed E-state index contributed by atoms with van der Waals surface area (Å²) < 4.78 is 0. The summed E-state index contributed by atoms with van der Waals surface area (Å²) in [6.45, 7) is 5.52. The molecule has 0 heterocycles. The molecule has 3 saturated carbocycles. The van der Waals surface area contributed by atoms with Crippen LogP contribution in [0.2, 0.25) is 0 Å². The molecule has 17 heavy (non-hydrogen) atoms. The van der Waals surface area contributed by atoms with Crippen LogP contribution >= 0.6 is 0 Å². The van der Waals surface area contributed by atoms with Gasteiger partial charge < -0.3 is 10.4 Å². The van der Waals surface area contributed by atoms with Crippen molar-refractivity contribution in [2.75, 3.05) is 0 Å². The minimum atomic E-state index is -0.512. The van der Waals surface area contributed by atoms with Crippen LogP contribution in [0.25, 0.3) is 0 Å². The lowest BCUT2D eigenvalue weighted by Crippen LogP contribution is -2.51. The Morgan fingerprint density at radius 1 is 1.29 bits per heavy atom. The third-order valence-electron chi connectivity index (χ3n) is 5.53. The van der Waals surface area contributed by atoms with Crippen molar-refractivity contribution in [1.82, 2.24) is 5.32 Å². The maximum atomic E-state index is 12.2. The fourth-order valence-corrected chi connectivity index (χ4v) is 4.18. The molecule has 3 rings (SSSR count). The van der Waals surface area contributed by atoms with E-state index in [0.717, 1.165) is 11.8 Å². The van der Waals surface area contributed by atoms with Gasteiger partial charge in [0.25, 0.3) is 0 Å². The van der Waals surface area contributed by atoms with Gasteiger partial charge >= 0.3 is 0 Å². The van der Waals surface area contributed by atoms with Gasteiger partial charge in [-0.15, -0.1) is 0 Å². The highest BCUT2D eigenvalue weighted by Crippen LogP contribution is 2.69. The molecule has 2 bridgehead atoms. The van der Waals surface area contributed by atoms with Crippen LogP contribution < -0.4 is 5.32 Å². The predicted molar refractivity (Wildman–Crippen MR) is 65.2 cm³/mol. The zero-order valence-corrected chi connectivity index (χ0v) is 10.9. The van der Waals surface area contributed by atoms with Gasteiger partial charge in [0.1, 0.15) is 0 Å². The molecule has 0 aliphatic heterocycles. The SMILES string of the molecule is CC(O)C(C)(C)NC(=O)C1C2C3CCC(C3)C12. The molecule has 0 radical (unpaired) electrons. The van der Waals surface area contributed by atoms with E-state index in [-0.39, 0.29) is 11.8 Å². The molecular formula is C14H23NO2. The number of rotatable bonds is 3. The van der Waals surface area contributed by atoms with Crippen molar-refractivity contribution in [3.8, 4) is 0 Å². The van der Waals surface area contributed by atoms with Crippen LogP contribution in [0.1, 0.15) is 40.0 Å². The summed E-state index contributed by atoms with van der Waals surface area (Å²) in [6, 6.07) is 0. The minimum Gasteiger partial charge on any atom is -0.391 e. The fourth-order valence-electron chi connectivity index (χ4n) is 4.18. The van der Waals surface area contributed by atoms with Gasteiger partial charge in [0, 0.05) is 5.92 Å². The molecule has 3 fully saturated rings. The van der Waals surface area contributed by atoms with Crippen molar-refractivity contribution in [3.05, 3.63) is 0 Å². The highest BCUT2D eigenvalue weighted by molar-refractivity contribution is 5.83. The van der Waals surface area contributed by atoms with Crippen molar-refractivity contribution >= 4 is 5.91 Å². The molecule has 5 atom stereocenters. The van der Waals surface area contributed by atoms with Gasteiger partial charge in [-0.2, -0.15) is 0 Å². The predicted octanol–water partition coefficient (Wildman–Crippen LogP) is 1.55. The maximum absolute atomic E-state index is 12.2. The Hall–Kier alpha value is -0.570. The molecule has 0 aromatic rings. The van der Waals surface area contributed by atoms with Gasteiger partial charge in [-0.1, -0.05) is 0 Å². The number of carbonyl (C=O) groups is 1. The Morgan fingerprint density at radius 2 is 1.82 bits per heavy atom. The first kappa shape index (κ1) is 11.5. The molecule has 0 aromatic carbocycles. The number of nitrogens with one attached hydrogen (secondary N) is 1. The second kappa shape index (κ2) is 3.47. The van der Waals surface area contributed by atoms with E-state index in [9.17, 15) is 9.90 Å². The van der Waals surface area contributed by atoms with Gasteiger partial charge in [0.15, 0.2) is 0 Å². The summed E-state index contributed by atoms with van der Waals surface area (Å²) in [7, 11) is 0. The second-order valence-electron chi connectivity index (χ2n) is 6.90. The van der Waals surface area contributed by atoms with Crippen molar-refractivity contribution in [3.63, 3.8) is 0 Å². The molecule has 3 nitrogen and oxygen atoms in total. The third kappa shape index (κ3) is 1.62. The number of amides is 1. The van der Waals surface area contributed by atoms with Gasteiger partial charge in [-0.25, -0.2) is 0 Å². The molecule has 0 saturated heterocycles. The number of hydrogen-bond donors (Lipinski definition) is 2. The molecule has 2 N–H and O–H groups in total. The zero-order chi connectivity index (χ0) is 12.4. The Bertz CT molecular complexity index is 334. The number of carbonyl (C=O) groups excluding carboxylic acids is 1. The largest absolute Gasteiger partial charge is 0.391 e. The van der Waals surface area contributed by atoms with Crippen LogP contribution in [0.4, 0.5) is 0 Å².